The van der Waals surface area contributed by atoms with E-state index in [-0.39, 0.29) is 17.6 Å². The smallest absolute Gasteiger partial charge is 0.225 e. The number of thioether (sulfide) groups is 1. The first-order valence-corrected chi connectivity index (χ1v) is 10.0. The molecule has 1 aliphatic heterocycles. The first-order chi connectivity index (χ1) is 12.7. The molecule has 2 aromatic rings. The minimum Gasteiger partial charge on any atom is -0.355 e. The summed E-state index contributed by atoms with van der Waals surface area (Å²) in [5.41, 5.74) is 0.703. The molecule has 1 amide bonds. The van der Waals surface area contributed by atoms with Gasteiger partial charge in [0.05, 0.1) is 5.92 Å². The summed E-state index contributed by atoms with van der Waals surface area (Å²) in [7, 11) is 0. The van der Waals surface area contributed by atoms with Crippen LogP contribution in [0.4, 0.5) is 10.3 Å². The number of nitrogens with one attached hydrogen (secondary N) is 1. The van der Waals surface area contributed by atoms with Crippen molar-refractivity contribution in [2.24, 2.45) is 5.92 Å². The highest BCUT2D eigenvalue weighted by atomic mass is 32.2. The third-order valence-corrected chi connectivity index (χ3v) is 5.40. The van der Waals surface area contributed by atoms with E-state index in [4.69, 9.17) is 0 Å². The Kier molecular flexibility index (Phi) is 6.82. The molecule has 2 heterocycles. The van der Waals surface area contributed by atoms with Gasteiger partial charge in [0.15, 0.2) is 0 Å². The summed E-state index contributed by atoms with van der Waals surface area (Å²) < 4.78 is 13.5. The van der Waals surface area contributed by atoms with Crippen LogP contribution in [0, 0.1) is 11.7 Å². The predicted octanol–water partition coefficient (Wildman–Crippen LogP) is 2.88. The highest BCUT2D eigenvalue weighted by molar-refractivity contribution is 7.98. The molecule has 1 aromatic heterocycles. The van der Waals surface area contributed by atoms with Crippen molar-refractivity contribution < 1.29 is 9.18 Å². The molecule has 0 radical (unpaired) electrons. The van der Waals surface area contributed by atoms with E-state index in [1.54, 1.807) is 42.4 Å². The number of hydrogen-bond acceptors (Lipinski definition) is 5. The second-order valence-electron chi connectivity index (χ2n) is 6.27. The molecule has 0 unspecified atom stereocenters. The number of nitrogens with zero attached hydrogens (tertiary/aromatic N) is 3. The van der Waals surface area contributed by atoms with E-state index in [1.807, 2.05) is 6.07 Å². The largest absolute Gasteiger partial charge is 0.355 e. The SMILES string of the molecule is O=C(NCCSCc1ccccc1F)[C@@H]1CCCN(c2ncccn2)C1. The Morgan fingerprint density at radius 3 is 2.88 bits per heavy atom. The molecule has 138 valence electrons. The number of carbonyl (C=O) groups is 1. The molecule has 0 bridgehead atoms. The van der Waals surface area contributed by atoms with E-state index in [0.29, 0.717) is 30.4 Å². The van der Waals surface area contributed by atoms with Crippen molar-refractivity contribution in [3.63, 3.8) is 0 Å². The van der Waals surface area contributed by atoms with Crippen LogP contribution >= 0.6 is 11.8 Å². The van der Waals surface area contributed by atoms with Gasteiger partial charge < -0.3 is 10.2 Å². The molecule has 1 fully saturated rings. The van der Waals surface area contributed by atoms with Crippen LogP contribution in [0.1, 0.15) is 18.4 Å². The number of halogens is 1. The molecular weight excluding hydrogens is 351 g/mol. The van der Waals surface area contributed by atoms with Gasteiger partial charge in [0, 0.05) is 43.5 Å². The fourth-order valence-corrected chi connectivity index (χ4v) is 3.86. The van der Waals surface area contributed by atoms with Gasteiger partial charge in [-0.05, 0) is 30.5 Å². The molecule has 5 nitrogen and oxygen atoms in total. The second-order valence-corrected chi connectivity index (χ2v) is 7.37. The fraction of sp³-hybridized carbons (Fsp3) is 0.421. The molecule has 1 saturated heterocycles. The Morgan fingerprint density at radius 1 is 1.27 bits per heavy atom. The summed E-state index contributed by atoms with van der Waals surface area (Å²) >= 11 is 1.62. The zero-order chi connectivity index (χ0) is 18.2. The van der Waals surface area contributed by atoms with Crippen molar-refractivity contribution in [2.45, 2.75) is 18.6 Å². The Balaban J connectivity index is 1.38. The van der Waals surface area contributed by atoms with Crippen LogP contribution in [0.5, 0.6) is 0 Å². The van der Waals surface area contributed by atoms with Crippen LogP contribution in [-0.2, 0) is 10.5 Å². The van der Waals surface area contributed by atoms with E-state index in [9.17, 15) is 9.18 Å². The summed E-state index contributed by atoms with van der Waals surface area (Å²) in [6.45, 7) is 2.13. The Bertz CT molecular complexity index is 716. The van der Waals surface area contributed by atoms with Crippen LogP contribution in [0.3, 0.4) is 0 Å². The first-order valence-electron chi connectivity index (χ1n) is 8.85. The molecule has 0 spiro atoms. The van der Waals surface area contributed by atoms with E-state index in [0.717, 1.165) is 25.1 Å². The highest BCUT2D eigenvalue weighted by Crippen LogP contribution is 2.20. The molecule has 26 heavy (non-hydrogen) atoms. The lowest BCUT2D eigenvalue weighted by molar-refractivity contribution is -0.125. The van der Waals surface area contributed by atoms with E-state index in [2.05, 4.69) is 20.2 Å². The van der Waals surface area contributed by atoms with Crippen LogP contribution < -0.4 is 10.2 Å². The van der Waals surface area contributed by atoms with Crippen molar-refractivity contribution in [3.05, 3.63) is 54.1 Å². The normalized spacial score (nSPS) is 17.1. The number of amides is 1. The van der Waals surface area contributed by atoms with Gasteiger partial charge >= 0.3 is 0 Å². The standard InChI is InChI=1S/C19H23FN4OS/c20-17-7-2-1-5-16(17)14-26-12-10-21-18(25)15-6-3-11-24(13-15)19-22-8-4-9-23-19/h1-2,4-5,7-9,15H,3,6,10-14H2,(H,21,25)/t15-/m1/s1. The average Bonchev–Trinajstić information content (AvgIpc) is 2.69. The topological polar surface area (TPSA) is 58.1 Å². The minimum atomic E-state index is -0.172. The minimum absolute atomic E-state index is 0.0378. The van der Waals surface area contributed by atoms with Crippen molar-refractivity contribution in [1.29, 1.82) is 0 Å². The van der Waals surface area contributed by atoms with Crippen LogP contribution in [0.15, 0.2) is 42.7 Å². The zero-order valence-electron chi connectivity index (χ0n) is 14.6. The number of carbonyl (C=O) groups excluding carboxylic acids is 1. The third kappa shape index (κ3) is 5.17. The van der Waals surface area contributed by atoms with Gasteiger partial charge in [-0.2, -0.15) is 11.8 Å². The molecule has 1 N–H and O–H groups in total. The predicted molar refractivity (Wildman–Crippen MR) is 103 cm³/mol. The zero-order valence-corrected chi connectivity index (χ0v) is 15.4. The summed E-state index contributed by atoms with van der Waals surface area (Å²) in [5, 5.41) is 3.00. The van der Waals surface area contributed by atoms with Gasteiger partial charge in [0.2, 0.25) is 11.9 Å². The maximum Gasteiger partial charge on any atom is 0.225 e. The molecule has 1 atom stereocenters. The maximum absolute atomic E-state index is 13.5. The molecule has 1 aliphatic rings. The van der Waals surface area contributed by atoms with Crippen LogP contribution in [0.25, 0.3) is 0 Å². The molecular formula is C19H23FN4OS. The number of benzene rings is 1. The van der Waals surface area contributed by atoms with Gasteiger partial charge in [-0.1, -0.05) is 18.2 Å². The quantitative estimate of drug-likeness (QED) is 0.755. The third-order valence-electron chi connectivity index (χ3n) is 4.39. The molecule has 0 aliphatic carbocycles. The van der Waals surface area contributed by atoms with Gasteiger partial charge in [-0.15, -0.1) is 0 Å². The Morgan fingerprint density at radius 2 is 2.08 bits per heavy atom. The summed E-state index contributed by atoms with van der Waals surface area (Å²) in [6, 6.07) is 8.59. The molecule has 3 rings (SSSR count). The monoisotopic (exact) mass is 374 g/mol. The van der Waals surface area contributed by atoms with E-state index in [1.165, 1.54) is 6.07 Å². The van der Waals surface area contributed by atoms with Crippen molar-refractivity contribution in [2.75, 3.05) is 30.3 Å². The van der Waals surface area contributed by atoms with Gasteiger partial charge in [0.25, 0.3) is 0 Å². The van der Waals surface area contributed by atoms with Crippen LogP contribution in [0.2, 0.25) is 0 Å². The lowest BCUT2D eigenvalue weighted by Gasteiger charge is -2.31. The van der Waals surface area contributed by atoms with Gasteiger partial charge in [-0.3, -0.25) is 4.79 Å². The van der Waals surface area contributed by atoms with Gasteiger partial charge in [0.1, 0.15) is 5.82 Å². The summed E-state index contributed by atoms with van der Waals surface area (Å²) in [4.78, 5) is 23.0. The number of aromatic nitrogens is 2. The van der Waals surface area contributed by atoms with Crippen LogP contribution in [-0.4, -0.2) is 41.3 Å². The van der Waals surface area contributed by atoms with Crippen molar-refractivity contribution in [1.82, 2.24) is 15.3 Å². The number of rotatable bonds is 7. The molecule has 7 heteroatoms. The van der Waals surface area contributed by atoms with E-state index >= 15 is 0 Å². The van der Waals surface area contributed by atoms with E-state index < -0.39 is 0 Å². The molecule has 0 saturated carbocycles. The number of anilines is 1. The average molecular weight is 374 g/mol. The first kappa shape index (κ1) is 18.6. The maximum atomic E-state index is 13.5. The van der Waals surface area contributed by atoms with Gasteiger partial charge in [-0.25, -0.2) is 14.4 Å². The summed E-state index contributed by atoms with van der Waals surface area (Å²) in [6.07, 6.45) is 5.29. The number of piperidine rings is 1. The lowest BCUT2D eigenvalue weighted by atomic mass is 9.97. The fourth-order valence-electron chi connectivity index (χ4n) is 3.02. The Labute approximate surface area is 157 Å². The second kappa shape index (κ2) is 9.52. The van der Waals surface area contributed by atoms with Crippen molar-refractivity contribution >= 4 is 23.6 Å². The van der Waals surface area contributed by atoms with Crippen molar-refractivity contribution in [3.8, 4) is 0 Å². The highest BCUT2D eigenvalue weighted by Gasteiger charge is 2.26. The number of hydrogen-bond donors (Lipinski definition) is 1. The summed E-state index contributed by atoms with van der Waals surface area (Å²) in [5.74, 6) is 1.93. The lowest BCUT2D eigenvalue weighted by Crippen LogP contribution is -2.44. The Hall–Kier alpha value is -2.15. The molecule has 1 aromatic carbocycles.